The first kappa shape index (κ1) is 9.34. The molecule has 1 aromatic rings. The molecule has 1 aliphatic heterocycles. The number of nitrogens with two attached hydrogens (primary N) is 1. The zero-order valence-electron chi connectivity index (χ0n) is 8.40. The first-order valence-electron chi connectivity index (χ1n) is 4.96. The molecule has 0 aromatic heterocycles. The molecule has 2 rings (SSSR count). The van der Waals surface area contributed by atoms with Crippen LogP contribution in [0.2, 0.25) is 0 Å². The predicted molar refractivity (Wildman–Crippen MR) is 57.8 cm³/mol. The molecule has 0 radical (unpaired) electrons. The van der Waals surface area contributed by atoms with E-state index in [4.69, 9.17) is 5.73 Å². The van der Waals surface area contributed by atoms with Crippen LogP contribution in [0.25, 0.3) is 0 Å². The smallest absolute Gasteiger partial charge is 0.117 e. The first-order valence-corrected chi connectivity index (χ1v) is 4.96. The molecular formula is C11H16N2O. The summed E-state index contributed by atoms with van der Waals surface area (Å²) in [7, 11) is 2.05. The number of anilines is 1. The van der Waals surface area contributed by atoms with Crippen LogP contribution in [-0.2, 0) is 0 Å². The minimum Gasteiger partial charge on any atom is -0.508 e. The topological polar surface area (TPSA) is 49.5 Å². The number of benzene rings is 1. The fourth-order valence-corrected chi connectivity index (χ4v) is 2.18. The number of hydrogen-bond acceptors (Lipinski definition) is 3. The standard InChI is InChI=1S/C11H16N2O/c1-13-7-8(4-5-12)10-3-2-9(14)6-11(10)13/h2-3,6,8,14H,4-5,7,12H2,1H3. The van der Waals surface area contributed by atoms with Crippen LogP contribution in [0.1, 0.15) is 17.9 Å². The summed E-state index contributed by atoms with van der Waals surface area (Å²) in [5, 5.41) is 9.38. The average molecular weight is 192 g/mol. The fraction of sp³-hybridized carbons (Fsp3) is 0.455. The second-order valence-corrected chi connectivity index (χ2v) is 3.90. The van der Waals surface area contributed by atoms with Gasteiger partial charge < -0.3 is 15.7 Å². The van der Waals surface area contributed by atoms with Crippen LogP contribution in [0.3, 0.4) is 0 Å². The van der Waals surface area contributed by atoms with Gasteiger partial charge in [-0.2, -0.15) is 0 Å². The van der Waals surface area contributed by atoms with Crippen molar-refractivity contribution in [3.05, 3.63) is 23.8 Å². The van der Waals surface area contributed by atoms with Crippen molar-refractivity contribution in [2.75, 3.05) is 25.0 Å². The molecule has 0 aliphatic carbocycles. The highest BCUT2D eigenvalue weighted by Gasteiger charge is 2.25. The molecule has 1 unspecified atom stereocenters. The van der Waals surface area contributed by atoms with Gasteiger partial charge in [0.2, 0.25) is 0 Å². The van der Waals surface area contributed by atoms with Crippen molar-refractivity contribution in [2.45, 2.75) is 12.3 Å². The highest BCUT2D eigenvalue weighted by molar-refractivity contribution is 5.62. The van der Waals surface area contributed by atoms with Crippen molar-refractivity contribution >= 4 is 5.69 Å². The van der Waals surface area contributed by atoms with Gasteiger partial charge in [-0.1, -0.05) is 6.07 Å². The minimum atomic E-state index is 0.337. The van der Waals surface area contributed by atoms with Gasteiger partial charge in [-0.25, -0.2) is 0 Å². The summed E-state index contributed by atoms with van der Waals surface area (Å²) in [5.74, 6) is 0.865. The summed E-state index contributed by atoms with van der Waals surface area (Å²) >= 11 is 0. The third kappa shape index (κ3) is 1.44. The van der Waals surface area contributed by atoms with Gasteiger partial charge in [0.1, 0.15) is 5.75 Å². The van der Waals surface area contributed by atoms with Gasteiger partial charge >= 0.3 is 0 Å². The Balaban J connectivity index is 2.34. The van der Waals surface area contributed by atoms with E-state index in [1.807, 2.05) is 12.1 Å². The highest BCUT2D eigenvalue weighted by Crippen LogP contribution is 2.38. The van der Waals surface area contributed by atoms with E-state index in [2.05, 4.69) is 11.9 Å². The second-order valence-electron chi connectivity index (χ2n) is 3.90. The average Bonchev–Trinajstić information content (AvgIpc) is 2.44. The maximum Gasteiger partial charge on any atom is 0.117 e. The molecule has 1 heterocycles. The van der Waals surface area contributed by atoms with E-state index in [0.717, 1.165) is 25.2 Å². The number of phenolic OH excluding ortho intramolecular Hbond substituents is 1. The monoisotopic (exact) mass is 192 g/mol. The van der Waals surface area contributed by atoms with E-state index in [-0.39, 0.29) is 0 Å². The van der Waals surface area contributed by atoms with Crippen molar-refractivity contribution in [3.63, 3.8) is 0 Å². The number of phenols is 1. The summed E-state index contributed by atoms with van der Waals surface area (Å²) in [6, 6.07) is 5.59. The maximum absolute atomic E-state index is 9.38. The molecule has 0 fully saturated rings. The normalized spacial score (nSPS) is 19.9. The Kier molecular flexibility index (Phi) is 2.33. The van der Waals surface area contributed by atoms with Crippen LogP contribution in [0.5, 0.6) is 5.75 Å². The SMILES string of the molecule is CN1CC(CCN)c2ccc(O)cc21. The number of nitrogens with zero attached hydrogens (tertiary/aromatic N) is 1. The van der Waals surface area contributed by atoms with Crippen molar-refractivity contribution in [1.29, 1.82) is 0 Å². The molecule has 0 bridgehead atoms. The number of rotatable bonds is 2. The fourth-order valence-electron chi connectivity index (χ4n) is 2.18. The third-order valence-electron chi connectivity index (χ3n) is 2.87. The lowest BCUT2D eigenvalue weighted by atomic mass is 9.98. The van der Waals surface area contributed by atoms with Gasteiger partial charge in [0.15, 0.2) is 0 Å². The summed E-state index contributed by atoms with van der Waals surface area (Å²) in [4.78, 5) is 2.18. The van der Waals surface area contributed by atoms with E-state index in [0.29, 0.717) is 11.7 Å². The van der Waals surface area contributed by atoms with Crippen LogP contribution < -0.4 is 10.6 Å². The Morgan fingerprint density at radius 2 is 2.36 bits per heavy atom. The van der Waals surface area contributed by atoms with Gasteiger partial charge in [-0.3, -0.25) is 0 Å². The minimum absolute atomic E-state index is 0.337. The lowest BCUT2D eigenvalue weighted by Crippen LogP contribution is -2.16. The Morgan fingerprint density at radius 1 is 1.57 bits per heavy atom. The molecule has 14 heavy (non-hydrogen) atoms. The Labute approximate surface area is 84.1 Å². The molecule has 1 atom stereocenters. The molecule has 1 aromatic carbocycles. The summed E-state index contributed by atoms with van der Waals surface area (Å²) < 4.78 is 0. The van der Waals surface area contributed by atoms with Crippen LogP contribution in [0, 0.1) is 0 Å². The van der Waals surface area contributed by atoms with E-state index < -0.39 is 0 Å². The molecule has 1 aliphatic rings. The van der Waals surface area contributed by atoms with Gasteiger partial charge in [-0.15, -0.1) is 0 Å². The molecule has 3 heteroatoms. The molecular weight excluding hydrogens is 176 g/mol. The first-order chi connectivity index (χ1) is 6.72. The maximum atomic E-state index is 9.38. The molecule has 0 saturated carbocycles. The Bertz CT molecular complexity index is 338. The van der Waals surface area contributed by atoms with Crippen LogP contribution in [-0.4, -0.2) is 25.2 Å². The molecule has 3 N–H and O–H groups in total. The second kappa shape index (κ2) is 3.50. The highest BCUT2D eigenvalue weighted by atomic mass is 16.3. The van der Waals surface area contributed by atoms with Crippen molar-refractivity contribution in [1.82, 2.24) is 0 Å². The molecule has 0 amide bonds. The predicted octanol–water partition coefficient (Wildman–Crippen LogP) is 1.27. The summed E-state index contributed by atoms with van der Waals surface area (Å²) in [5.41, 5.74) is 8.03. The largest absolute Gasteiger partial charge is 0.508 e. The van der Waals surface area contributed by atoms with E-state index in [9.17, 15) is 5.11 Å². The zero-order chi connectivity index (χ0) is 10.1. The number of hydrogen-bond donors (Lipinski definition) is 2. The Hall–Kier alpha value is -1.22. The van der Waals surface area contributed by atoms with E-state index in [1.165, 1.54) is 5.56 Å². The molecule has 76 valence electrons. The summed E-state index contributed by atoms with van der Waals surface area (Å²) in [6.45, 7) is 1.73. The van der Waals surface area contributed by atoms with Gasteiger partial charge in [-0.05, 0) is 24.6 Å². The molecule has 3 nitrogen and oxygen atoms in total. The quantitative estimate of drug-likeness (QED) is 0.742. The van der Waals surface area contributed by atoms with Crippen LogP contribution in [0.15, 0.2) is 18.2 Å². The molecule has 0 spiro atoms. The van der Waals surface area contributed by atoms with Crippen molar-refractivity contribution in [3.8, 4) is 5.75 Å². The van der Waals surface area contributed by atoms with E-state index in [1.54, 1.807) is 6.07 Å². The molecule has 0 saturated heterocycles. The number of fused-ring (bicyclic) bond motifs is 1. The van der Waals surface area contributed by atoms with E-state index >= 15 is 0 Å². The van der Waals surface area contributed by atoms with Crippen molar-refractivity contribution in [2.24, 2.45) is 5.73 Å². The zero-order valence-corrected chi connectivity index (χ0v) is 8.40. The third-order valence-corrected chi connectivity index (χ3v) is 2.87. The number of likely N-dealkylation sites (N-methyl/N-ethyl adjacent to an activating group) is 1. The lowest BCUT2D eigenvalue weighted by Gasteiger charge is -2.11. The van der Waals surface area contributed by atoms with Crippen LogP contribution in [0.4, 0.5) is 5.69 Å². The van der Waals surface area contributed by atoms with Gasteiger partial charge in [0.05, 0.1) is 0 Å². The number of aromatic hydroxyl groups is 1. The van der Waals surface area contributed by atoms with Crippen molar-refractivity contribution < 1.29 is 5.11 Å². The Morgan fingerprint density at radius 3 is 3.07 bits per heavy atom. The van der Waals surface area contributed by atoms with Gasteiger partial charge in [0.25, 0.3) is 0 Å². The van der Waals surface area contributed by atoms with Gasteiger partial charge in [0, 0.05) is 31.3 Å². The van der Waals surface area contributed by atoms with Crippen LogP contribution >= 0.6 is 0 Å². The lowest BCUT2D eigenvalue weighted by molar-refractivity contribution is 0.475. The summed E-state index contributed by atoms with van der Waals surface area (Å²) in [6.07, 6.45) is 1.02.